The van der Waals surface area contributed by atoms with Crippen LogP contribution >= 0.6 is 0 Å². The van der Waals surface area contributed by atoms with E-state index in [2.05, 4.69) is 11.9 Å². The fourth-order valence-electron chi connectivity index (χ4n) is 3.67. The van der Waals surface area contributed by atoms with E-state index < -0.39 is 21.7 Å². The van der Waals surface area contributed by atoms with E-state index in [4.69, 9.17) is 0 Å². The van der Waals surface area contributed by atoms with Crippen molar-refractivity contribution in [2.24, 2.45) is 0 Å². The number of hydrogen-bond donors (Lipinski definition) is 1. The number of allylic oxidation sites excluding steroid dienone is 1. The predicted molar refractivity (Wildman–Crippen MR) is 127 cm³/mol. The molecule has 166 valence electrons. The van der Waals surface area contributed by atoms with Gasteiger partial charge in [0.25, 0.3) is 15.9 Å². The second-order valence-electron chi connectivity index (χ2n) is 7.56. The van der Waals surface area contributed by atoms with Gasteiger partial charge in [0, 0.05) is 16.7 Å². The van der Waals surface area contributed by atoms with Crippen molar-refractivity contribution in [1.82, 2.24) is 9.62 Å². The summed E-state index contributed by atoms with van der Waals surface area (Å²) in [7, 11) is -4.05. The fraction of sp³-hybridized carbons (Fsp3) is 0.0769. The predicted octanol–water partition coefficient (Wildman–Crippen LogP) is 4.17. The molecule has 4 rings (SSSR count). The van der Waals surface area contributed by atoms with Gasteiger partial charge in [-0.3, -0.25) is 13.9 Å². The van der Waals surface area contributed by atoms with Crippen LogP contribution in [0.3, 0.4) is 0 Å². The van der Waals surface area contributed by atoms with Gasteiger partial charge in [0.05, 0.1) is 17.1 Å². The summed E-state index contributed by atoms with van der Waals surface area (Å²) in [5.41, 5.74) is 1.97. The molecule has 7 heteroatoms. The van der Waals surface area contributed by atoms with Gasteiger partial charge in [0.15, 0.2) is 0 Å². The summed E-state index contributed by atoms with van der Waals surface area (Å²) in [6.07, 6.45) is 1.41. The molecule has 0 atom stereocenters. The highest BCUT2D eigenvalue weighted by Crippen LogP contribution is 2.37. The molecule has 0 fully saturated rings. The normalized spacial score (nSPS) is 14.4. The Balaban J connectivity index is 1.95. The molecule has 0 saturated heterocycles. The van der Waals surface area contributed by atoms with E-state index in [1.54, 1.807) is 60.7 Å². The molecule has 0 radical (unpaired) electrons. The van der Waals surface area contributed by atoms with Gasteiger partial charge >= 0.3 is 0 Å². The number of aryl methyl sites for hydroxylation is 1. The van der Waals surface area contributed by atoms with Crippen LogP contribution in [0.2, 0.25) is 0 Å². The first-order valence-electron chi connectivity index (χ1n) is 10.3. The zero-order valence-corrected chi connectivity index (χ0v) is 18.8. The lowest BCUT2D eigenvalue weighted by Gasteiger charge is -2.33. The third-order valence-corrected chi connectivity index (χ3v) is 7.13. The molecule has 0 aliphatic carbocycles. The number of nitrogens with zero attached hydrogens (tertiary/aromatic N) is 1. The van der Waals surface area contributed by atoms with E-state index in [9.17, 15) is 18.0 Å². The van der Waals surface area contributed by atoms with Crippen molar-refractivity contribution in [1.29, 1.82) is 0 Å². The molecule has 0 spiro atoms. The highest BCUT2D eigenvalue weighted by molar-refractivity contribution is 7.89. The van der Waals surface area contributed by atoms with Crippen LogP contribution < -0.4 is 5.32 Å². The van der Waals surface area contributed by atoms with Crippen molar-refractivity contribution in [3.63, 3.8) is 0 Å². The second-order valence-corrected chi connectivity index (χ2v) is 9.39. The van der Waals surface area contributed by atoms with Gasteiger partial charge in [-0.25, -0.2) is 8.42 Å². The summed E-state index contributed by atoms with van der Waals surface area (Å²) >= 11 is 0. The highest BCUT2D eigenvalue weighted by atomic mass is 32.2. The van der Waals surface area contributed by atoms with Gasteiger partial charge < -0.3 is 5.32 Å². The molecule has 0 bridgehead atoms. The molecular formula is C26H22N2O4S. The molecular weight excluding hydrogens is 436 g/mol. The number of benzene rings is 3. The number of ketones is 1. The summed E-state index contributed by atoms with van der Waals surface area (Å²) < 4.78 is 27.9. The van der Waals surface area contributed by atoms with Crippen molar-refractivity contribution in [2.45, 2.75) is 11.8 Å². The molecule has 1 N–H and O–H groups in total. The standard InChI is InChI=1S/C26H22N2O4S/c1-3-17-28-24(25(29)19-9-5-4-6-10-19)23(21-11-7-8-12-22(21)33(28,31)32)27-26(30)20-15-13-18(2)14-16-20/h3-16H,1,17H2,2H3,(H,27,30). The smallest absolute Gasteiger partial charge is 0.265 e. The highest BCUT2D eigenvalue weighted by Gasteiger charge is 2.40. The van der Waals surface area contributed by atoms with E-state index in [0.29, 0.717) is 11.1 Å². The number of fused-ring (bicyclic) bond motifs is 1. The molecule has 0 unspecified atom stereocenters. The number of carbonyl (C=O) groups is 2. The Hall–Kier alpha value is -3.97. The van der Waals surface area contributed by atoms with E-state index in [1.165, 1.54) is 12.1 Å². The summed E-state index contributed by atoms with van der Waals surface area (Å²) in [4.78, 5) is 26.7. The van der Waals surface area contributed by atoms with E-state index in [1.807, 2.05) is 19.1 Å². The second kappa shape index (κ2) is 8.88. The number of Topliss-reactive ketones (excluding diaryl/α,β-unsaturated/α-hetero) is 1. The molecule has 1 aliphatic rings. The molecule has 0 saturated carbocycles. The molecule has 1 aliphatic heterocycles. The van der Waals surface area contributed by atoms with Crippen LogP contribution in [-0.2, 0) is 10.0 Å². The molecule has 6 nitrogen and oxygen atoms in total. The maximum Gasteiger partial charge on any atom is 0.265 e. The van der Waals surface area contributed by atoms with Crippen molar-refractivity contribution >= 4 is 27.4 Å². The minimum absolute atomic E-state index is 0.00988. The molecule has 3 aromatic carbocycles. The van der Waals surface area contributed by atoms with Gasteiger partial charge in [0.1, 0.15) is 5.70 Å². The number of rotatable bonds is 6. The SMILES string of the molecule is C=CCN1C(C(=O)c2ccccc2)=C(NC(=O)c2ccc(C)cc2)c2ccccc2S1(=O)=O. The van der Waals surface area contributed by atoms with Crippen molar-refractivity contribution in [3.8, 4) is 0 Å². The Morgan fingerprint density at radius 1 is 0.909 bits per heavy atom. The monoisotopic (exact) mass is 458 g/mol. The summed E-state index contributed by atoms with van der Waals surface area (Å²) in [6.45, 7) is 5.44. The topological polar surface area (TPSA) is 83.6 Å². The van der Waals surface area contributed by atoms with Crippen molar-refractivity contribution < 1.29 is 18.0 Å². The average molecular weight is 459 g/mol. The quantitative estimate of drug-likeness (QED) is 0.444. The Kier molecular flexibility index (Phi) is 5.98. The molecule has 1 heterocycles. The Labute approximate surface area is 192 Å². The third kappa shape index (κ3) is 4.10. The lowest BCUT2D eigenvalue weighted by Crippen LogP contribution is -2.41. The zero-order valence-electron chi connectivity index (χ0n) is 18.0. The van der Waals surface area contributed by atoms with Crippen molar-refractivity contribution in [2.75, 3.05) is 6.54 Å². The first kappa shape index (κ1) is 22.2. The summed E-state index contributed by atoms with van der Waals surface area (Å²) in [6, 6.07) is 21.7. The van der Waals surface area contributed by atoms with Gasteiger partial charge in [-0.1, -0.05) is 72.3 Å². The van der Waals surface area contributed by atoms with Crippen LogP contribution in [0.4, 0.5) is 0 Å². The van der Waals surface area contributed by atoms with Gasteiger partial charge in [0.2, 0.25) is 5.78 Å². The van der Waals surface area contributed by atoms with Gasteiger partial charge in [-0.2, -0.15) is 0 Å². The maximum atomic E-state index is 13.6. The van der Waals surface area contributed by atoms with Crippen molar-refractivity contribution in [3.05, 3.63) is 119 Å². The van der Waals surface area contributed by atoms with Crippen LogP contribution in [0.1, 0.15) is 31.8 Å². The molecule has 33 heavy (non-hydrogen) atoms. The number of sulfonamides is 1. The molecule has 3 aromatic rings. The van der Waals surface area contributed by atoms with Crippen LogP contribution in [0.25, 0.3) is 5.70 Å². The minimum atomic E-state index is -4.05. The first-order valence-corrected chi connectivity index (χ1v) is 11.7. The average Bonchev–Trinajstić information content (AvgIpc) is 2.83. The molecule has 1 amide bonds. The van der Waals surface area contributed by atoms with Crippen LogP contribution in [0, 0.1) is 6.92 Å². The number of amides is 1. The zero-order chi connectivity index (χ0) is 23.6. The fourth-order valence-corrected chi connectivity index (χ4v) is 5.32. The maximum absolute atomic E-state index is 13.6. The third-order valence-electron chi connectivity index (χ3n) is 5.31. The first-order chi connectivity index (χ1) is 15.8. The summed E-state index contributed by atoms with van der Waals surface area (Å²) in [5.74, 6) is -0.967. The lowest BCUT2D eigenvalue weighted by atomic mass is 10.0. The summed E-state index contributed by atoms with van der Waals surface area (Å²) in [5, 5.41) is 2.82. The van der Waals surface area contributed by atoms with Crippen LogP contribution in [-0.4, -0.2) is 31.0 Å². The van der Waals surface area contributed by atoms with E-state index in [0.717, 1.165) is 9.87 Å². The van der Waals surface area contributed by atoms with Gasteiger partial charge in [-0.05, 0) is 25.1 Å². The van der Waals surface area contributed by atoms with Crippen LogP contribution in [0.5, 0.6) is 0 Å². The van der Waals surface area contributed by atoms with Gasteiger partial charge in [-0.15, -0.1) is 6.58 Å². The van der Waals surface area contributed by atoms with E-state index in [-0.39, 0.29) is 28.4 Å². The Bertz CT molecular complexity index is 1380. The Morgan fingerprint density at radius 3 is 2.21 bits per heavy atom. The Morgan fingerprint density at radius 2 is 1.55 bits per heavy atom. The number of carbonyl (C=O) groups excluding carboxylic acids is 2. The lowest BCUT2D eigenvalue weighted by molar-refractivity contribution is 0.0972. The number of hydrogen-bond acceptors (Lipinski definition) is 4. The number of nitrogens with one attached hydrogen (secondary N) is 1. The molecule has 0 aromatic heterocycles. The largest absolute Gasteiger partial charge is 0.319 e. The van der Waals surface area contributed by atoms with Crippen LogP contribution in [0.15, 0.2) is 102 Å². The minimum Gasteiger partial charge on any atom is -0.319 e. The van der Waals surface area contributed by atoms with E-state index >= 15 is 0 Å².